The third-order valence-electron chi connectivity index (χ3n) is 2.19. The van der Waals surface area contributed by atoms with E-state index in [0.29, 0.717) is 12.8 Å². The lowest BCUT2D eigenvalue weighted by atomic mass is 9.77. The maximum absolute atomic E-state index is 11.4. The van der Waals surface area contributed by atoms with Crippen LogP contribution in [0.1, 0.15) is 33.1 Å². The van der Waals surface area contributed by atoms with Crippen molar-refractivity contribution in [3.05, 3.63) is 11.6 Å². The first-order valence-electron chi connectivity index (χ1n) is 4.21. The summed E-state index contributed by atoms with van der Waals surface area (Å²) in [4.78, 5) is 11.4. The number of hydrogen-bond acceptors (Lipinski definition) is 1. The van der Waals surface area contributed by atoms with Crippen LogP contribution in [0.3, 0.4) is 0 Å². The molecular formula is C11H14O. The molecule has 0 saturated carbocycles. The number of allylic oxidation sites excluding steroid dienone is 2. The predicted octanol–water partition coefficient (Wildman–Crippen LogP) is 2.33. The number of rotatable bonds is 1. The van der Waals surface area contributed by atoms with E-state index < -0.39 is 0 Å². The summed E-state index contributed by atoms with van der Waals surface area (Å²) in [5, 5.41) is 0. The minimum Gasteiger partial charge on any atom is -0.295 e. The van der Waals surface area contributed by atoms with Crippen molar-refractivity contribution in [2.75, 3.05) is 0 Å². The highest BCUT2D eigenvalue weighted by atomic mass is 16.1. The minimum absolute atomic E-state index is 0.134. The first kappa shape index (κ1) is 9.06. The van der Waals surface area contributed by atoms with Crippen LogP contribution in [0.4, 0.5) is 0 Å². The third kappa shape index (κ3) is 1.98. The van der Waals surface area contributed by atoms with E-state index in [1.807, 2.05) is 6.08 Å². The molecule has 0 atom stereocenters. The highest BCUT2D eigenvalue weighted by Crippen LogP contribution is 2.32. The summed E-state index contributed by atoms with van der Waals surface area (Å²) in [5.41, 5.74) is 0.965. The van der Waals surface area contributed by atoms with Gasteiger partial charge in [-0.2, -0.15) is 0 Å². The van der Waals surface area contributed by atoms with Gasteiger partial charge >= 0.3 is 0 Å². The number of Topliss-reactive ketones (excluding diaryl/α,β-unsaturated/α-hetero) is 1. The topological polar surface area (TPSA) is 17.1 Å². The van der Waals surface area contributed by atoms with E-state index in [1.165, 1.54) is 0 Å². The van der Waals surface area contributed by atoms with Crippen LogP contribution >= 0.6 is 0 Å². The monoisotopic (exact) mass is 162 g/mol. The smallest absolute Gasteiger partial charge is 0.160 e. The largest absolute Gasteiger partial charge is 0.295 e. The van der Waals surface area contributed by atoms with Gasteiger partial charge in [0, 0.05) is 18.4 Å². The predicted molar refractivity (Wildman–Crippen MR) is 49.6 cm³/mol. The van der Waals surface area contributed by atoms with Gasteiger partial charge in [0.1, 0.15) is 0 Å². The van der Waals surface area contributed by atoms with Crippen LogP contribution in [-0.2, 0) is 4.79 Å². The van der Waals surface area contributed by atoms with E-state index in [2.05, 4.69) is 19.8 Å². The first-order chi connectivity index (χ1) is 5.55. The van der Waals surface area contributed by atoms with Crippen LogP contribution in [0, 0.1) is 17.8 Å². The summed E-state index contributed by atoms with van der Waals surface area (Å²) >= 11 is 0. The molecule has 0 amide bonds. The Hall–Kier alpha value is -1.03. The Morgan fingerprint density at radius 1 is 1.67 bits per heavy atom. The Kier molecular flexibility index (Phi) is 2.38. The molecule has 0 radical (unpaired) electrons. The Morgan fingerprint density at radius 2 is 2.33 bits per heavy atom. The molecule has 0 aromatic heterocycles. The summed E-state index contributed by atoms with van der Waals surface area (Å²) in [7, 11) is 0. The third-order valence-corrected chi connectivity index (χ3v) is 2.19. The second-order valence-electron chi connectivity index (χ2n) is 4.08. The van der Waals surface area contributed by atoms with Gasteiger partial charge in [0.2, 0.25) is 0 Å². The molecule has 0 bridgehead atoms. The van der Waals surface area contributed by atoms with Gasteiger partial charge in [-0.3, -0.25) is 4.79 Å². The molecule has 0 unspecified atom stereocenters. The molecule has 0 fully saturated rings. The van der Waals surface area contributed by atoms with Gasteiger partial charge in [-0.05, 0) is 11.8 Å². The van der Waals surface area contributed by atoms with Crippen LogP contribution in [-0.4, -0.2) is 5.78 Å². The molecule has 1 nitrogen and oxygen atoms in total. The van der Waals surface area contributed by atoms with Gasteiger partial charge in [-0.1, -0.05) is 19.9 Å². The molecule has 0 saturated heterocycles. The first-order valence-corrected chi connectivity index (χ1v) is 4.21. The number of terminal acetylenes is 1. The summed E-state index contributed by atoms with van der Waals surface area (Å²) in [6.45, 7) is 4.21. The van der Waals surface area contributed by atoms with E-state index >= 15 is 0 Å². The zero-order chi connectivity index (χ0) is 9.19. The highest BCUT2D eigenvalue weighted by Gasteiger charge is 2.26. The second kappa shape index (κ2) is 3.15. The van der Waals surface area contributed by atoms with Gasteiger partial charge in [0.25, 0.3) is 0 Å². The van der Waals surface area contributed by atoms with Crippen LogP contribution in [0.15, 0.2) is 11.6 Å². The lowest BCUT2D eigenvalue weighted by molar-refractivity contribution is -0.118. The van der Waals surface area contributed by atoms with Crippen molar-refractivity contribution in [1.82, 2.24) is 0 Å². The van der Waals surface area contributed by atoms with Crippen molar-refractivity contribution in [1.29, 1.82) is 0 Å². The van der Waals surface area contributed by atoms with Gasteiger partial charge in [0.05, 0.1) is 0 Å². The summed E-state index contributed by atoms with van der Waals surface area (Å²) in [6.07, 6.45) is 9.24. The van der Waals surface area contributed by atoms with Crippen molar-refractivity contribution in [2.24, 2.45) is 5.41 Å². The molecule has 64 valence electrons. The average molecular weight is 162 g/mol. The van der Waals surface area contributed by atoms with Crippen molar-refractivity contribution >= 4 is 5.78 Å². The van der Waals surface area contributed by atoms with Gasteiger partial charge in [-0.15, -0.1) is 12.3 Å². The Morgan fingerprint density at radius 3 is 2.83 bits per heavy atom. The Balaban J connectivity index is 2.76. The average Bonchev–Trinajstić information content (AvgIpc) is 1.94. The van der Waals surface area contributed by atoms with Crippen molar-refractivity contribution in [3.63, 3.8) is 0 Å². The molecule has 0 aromatic rings. The van der Waals surface area contributed by atoms with E-state index in [9.17, 15) is 4.79 Å². The molecule has 12 heavy (non-hydrogen) atoms. The molecule has 0 N–H and O–H groups in total. The van der Waals surface area contributed by atoms with Crippen molar-refractivity contribution in [3.8, 4) is 12.3 Å². The molecule has 0 aliphatic heterocycles. The normalized spacial score (nSPS) is 21.4. The fraction of sp³-hybridized carbons (Fsp3) is 0.545. The molecule has 1 heteroatoms. The van der Waals surface area contributed by atoms with Crippen LogP contribution in [0.5, 0.6) is 0 Å². The number of carbonyl (C=O) groups is 1. The summed E-state index contributed by atoms with van der Waals surface area (Å²) in [5.74, 6) is 2.73. The van der Waals surface area contributed by atoms with E-state index in [0.717, 1.165) is 12.0 Å². The van der Waals surface area contributed by atoms with Crippen LogP contribution in [0.25, 0.3) is 0 Å². The Bertz CT molecular complexity index is 263. The van der Waals surface area contributed by atoms with E-state index in [4.69, 9.17) is 6.42 Å². The zero-order valence-electron chi connectivity index (χ0n) is 7.68. The fourth-order valence-corrected chi connectivity index (χ4v) is 1.41. The maximum Gasteiger partial charge on any atom is 0.160 e. The number of carbonyl (C=O) groups excluding carboxylic acids is 1. The molecule has 0 spiro atoms. The molecule has 0 heterocycles. The highest BCUT2D eigenvalue weighted by molar-refractivity contribution is 5.96. The van der Waals surface area contributed by atoms with Gasteiger partial charge < -0.3 is 0 Å². The summed E-state index contributed by atoms with van der Waals surface area (Å²) in [6, 6.07) is 0. The lowest BCUT2D eigenvalue weighted by Crippen LogP contribution is -2.22. The lowest BCUT2D eigenvalue weighted by Gasteiger charge is -2.26. The fourth-order valence-electron chi connectivity index (χ4n) is 1.41. The molecule has 0 aromatic carbocycles. The van der Waals surface area contributed by atoms with E-state index in [1.54, 1.807) is 0 Å². The molecule has 1 aliphatic rings. The van der Waals surface area contributed by atoms with Crippen molar-refractivity contribution < 1.29 is 4.79 Å². The summed E-state index contributed by atoms with van der Waals surface area (Å²) < 4.78 is 0. The van der Waals surface area contributed by atoms with E-state index in [-0.39, 0.29) is 11.2 Å². The molecule has 1 aliphatic carbocycles. The zero-order valence-corrected chi connectivity index (χ0v) is 7.68. The molecular weight excluding hydrogens is 148 g/mol. The quantitative estimate of drug-likeness (QED) is 0.541. The Labute approximate surface area is 73.9 Å². The van der Waals surface area contributed by atoms with Gasteiger partial charge in [-0.25, -0.2) is 0 Å². The maximum atomic E-state index is 11.4. The standard InChI is InChI=1S/C11H14O/c1-4-5-9-6-7-11(2,3)8-10(9)12/h1,6H,5,7-8H2,2-3H3. The van der Waals surface area contributed by atoms with Crippen LogP contribution in [0.2, 0.25) is 0 Å². The number of ketones is 1. The minimum atomic E-state index is 0.134. The van der Waals surface area contributed by atoms with Gasteiger partial charge in [0.15, 0.2) is 5.78 Å². The number of hydrogen-bond donors (Lipinski definition) is 0. The second-order valence-corrected chi connectivity index (χ2v) is 4.08. The van der Waals surface area contributed by atoms with Crippen LogP contribution < -0.4 is 0 Å². The SMILES string of the molecule is C#CCC1=CCC(C)(C)CC1=O. The van der Waals surface area contributed by atoms with Crippen molar-refractivity contribution in [2.45, 2.75) is 33.1 Å². The molecule has 1 rings (SSSR count).